The highest BCUT2D eigenvalue weighted by Gasteiger charge is 2.51. The van der Waals surface area contributed by atoms with Crippen molar-refractivity contribution in [3.05, 3.63) is 34.9 Å². The van der Waals surface area contributed by atoms with E-state index in [0.717, 1.165) is 31.3 Å². The highest BCUT2D eigenvalue weighted by atomic mass is 16.7. The smallest absolute Gasteiger partial charge is 0.186 e. The van der Waals surface area contributed by atoms with E-state index in [-0.39, 0.29) is 6.42 Å². The average molecular weight is 685 g/mol. The fourth-order valence-corrected chi connectivity index (χ4v) is 6.31. The zero-order valence-corrected chi connectivity index (χ0v) is 28.9. The molecule has 48 heavy (non-hydrogen) atoms. The fraction of sp³-hybridized carbons (Fsp3) is 0.794. The second-order valence-corrected chi connectivity index (χ2v) is 13.7. The molecule has 0 radical (unpaired) electrons. The largest absolute Gasteiger partial charge is 0.394 e. The van der Waals surface area contributed by atoms with Gasteiger partial charge in [-0.2, -0.15) is 0 Å². The molecule has 14 nitrogen and oxygen atoms in total. The predicted molar refractivity (Wildman–Crippen MR) is 181 cm³/mol. The molecule has 1 saturated carbocycles. The van der Waals surface area contributed by atoms with Gasteiger partial charge in [-0.05, 0) is 72.3 Å². The van der Waals surface area contributed by atoms with Crippen molar-refractivity contribution in [2.45, 2.75) is 165 Å². The van der Waals surface area contributed by atoms with Crippen LogP contribution in [-0.2, 0) is 18.9 Å². The van der Waals surface area contributed by atoms with E-state index in [1.807, 2.05) is 19.9 Å². The molecule has 3 rings (SSSR count). The molecule has 2 aliphatic heterocycles. The zero-order chi connectivity index (χ0) is 35.7. The lowest BCUT2D eigenvalue weighted by molar-refractivity contribution is -0.318. The Bertz CT molecular complexity index is 1120. The highest BCUT2D eigenvalue weighted by molar-refractivity contribution is 5.72. The van der Waals surface area contributed by atoms with Crippen molar-refractivity contribution in [2.75, 3.05) is 6.61 Å². The van der Waals surface area contributed by atoms with E-state index in [2.05, 4.69) is 37.9 Å². The molecular weight excluding hydrogens is 624 g/mol. The molecule has 0 aromatic heterocycles. The van der Waals surface area contributed by atoms with E-state index in [1.54, 1.807) is 6.21 Å². The van der Waals surface area contributed by atoms with Gasteiger partial charge in [-0.15, -0.1) is 0 Å². The summed E-state index contributed by atoms with van der Waals surface area (Å²) in [5, 5.41) is 63.6. The highest BCUT2D eigenvalue weighted by Crippen LogP contribution is 2.32. The topological polar surface area (TPSA) is 249 Å². The molecule has 2 heterocycles. The Labute approximate surface area is 284 Å². The molecule has 3 aliphatic rings. The van der Waals surface area contributed by atoms with Crippen LogP contribution in [0.2, 0.25) is 0 Å². The zero-order valence-electron chi connectivity index (χ0n) is 28.9. The maximum atomic E-state index is 11.4. The van der Waals surface area contributed by atoms with Gasteiger partial charge in [0.15, 0.2) is 12.6 Å². The molecule has 276 valence electrons. The van der Waals surface area contributed by atoms with E-state index in [0.29, 0.717) is 6.42 Å². The van der Waals surface area contributed by atoms with Crippen LogP contribution in [0.4, 0.5) is 0 Å². The van der Waals surface area contributed by atoms with Gasteiger partial charge >= 0.3 is 0 Å². The quantitative estimate of drug-likeness (QED) is 0.0840. The monoisotopic (exact) mass is 684 g/mol. The number of ether oxygens (including phenoxy) is 4. The summed E-state index contributed by atoms with van der Waals surface area (Å²) in [5.41, 5.74) is 22.4. The number of aliphatic hydroxyl groups is 6. The normalized spacial score (nSPS) is 41.5. The van der Waals surface area contributed by atoms with Crippen LogP contribution in [0.15, 0.2) is 39.9 Å². The number of allylic oxidation sites excluding steroid dienone is 6. The molecule has 1 aliphatic carbocycles. The molecule has 15 unspecified atom stereocenters. The van der Waals surface area contributed by atoms with Crippen LogP contribution in [0.1, 0.15) is 73.1 Å². The van der Waals surface area contributed by atoms with Crippen LogP contribution < -0.4 is 17.2 Å². The van der Waals surface area contributed by atoms with Gasteiger partial charge in [0, 0.05) is 18.3 Å². The molecular formula is C34H60N4O10. The second kappa shape index (κ2) is 19.1. The first-order valence-corrected chi connectivity index (χ1v) is 17.1. The summed E-state index contributed by atoms with van der Waals surface area (Å²) in [4.78, 5) is 4.49. The summed E-state index contributed by atoms with van der Waals surface area (Å²) in [6.07, 6.45) is -1.35. The summed E-state index contributed by atoms with van der Waals surface area (Å²) in [6.45, 7) is 9.57. The van der Waals surface area contributed by atoms with Gasteiger partial charge in [-0.1, -0.05) is 35.8 Å². The lowest BCUT2D eigenvalue weighted by Crippen LogP contribution is -2.68. The van der Waals surface area contributed by atoms with Gasteiger partial charge in [-0.3, -0.25) is 4.99 Å². The van der Waals surface area contributed by atoms with Crippen LogP contribution >= 0.6 is 0 Å². The number of nitrogens with zero attached hydrogens (tertiary/aromatic N) is 1. The van der Waals surface area contributed by atoms with Crippen molar-refractivity contribution in [3.8, 4) is 0 Å². The van der Waals surface area contributed by atoms with Gasteiger partial charge in [0.05, 0.1) is 18.8 Å². The Balaban J connectivity index is 1.67. The number of hydrogen-bond acceptors (Lipinski definition) is 14. The van der Waals surface area contributed by atoms with Crippen LogP contribution in [-0.4, -0.2) is 135 Å². The third-order valence-corrected chi connectivity index (χ3v) is 9.38. The van der Waals surface area contributed by atoms with Crippen molar-refractivity contribution in [1.29, 1.82) is 0 Å². The first-order valence-electron chi connectivity index (χ1n) is 17.1. The minimum absolute atomic E-state index is 0.140. The fourth-order valence-electron chi connectivity index (χ4n) is 6.31. The van der Waals surface area contributed by atoms with Crippen LogP contribution in [0.5, 0.6) is 0 Å². The summed E-state index contributed by atoms with van der Waals surface area (Å²) in [7, 11) is 0. The molecule has 2 saturated heterocycles. The van der Waals surface area contributed by atoms with Crippen LogP contribution in [0.3, 0.4) is 0 Å². The number of aliphatic hydroxyl groups excluding tert-OH is 6. The molecule has 14 heteroatoms. The molecule has 0 bridgehead atoms. The molecule has 0 amide bonds. The lowest BCUT2D eigenvalue weighted by atomic mass is 9.84. The maximum Gasteiger partial charge on any atom is 0.186 e. The van der Waals surface area contributed by atoms with Gasteiger partial charge in [0.25, 0.3) is 0 Å². The SMILES string of the molecule is CCC1OC(OC2C(N)CC(N)C(OC3OC(CO)C(O)C(O)C3N)C2O)C(O)C(N=C/C=C(\C)CC/C=C(\C)CCC=C(C)C)C1O. The molecule has 0 aromatic carbocycles. The Morgan fingerprint density at radius 1 is 0.750 bits per heavy atom. The van der Waals surface area contributed by atoms with Crippen LogP contribution in [0.25, 0.3) is 0 Å². The van der Waals surface area contributed by atoms with Crippen molar-refractivity contribution in [2.24, 2.45) is 22.2 Å². The van der Waals surface area contributed by atoms with E-state index < -0.39 is 98.3 Å². The second-order valence-electron chi connectivity index (χ2n) is 13.7. The van der Waals surface area contributed by atoms with E-state index in [9.17, 15) is 30.6 Å². The Kier molecular flexibility index (Phi) is 16.2. The summed E-state index contributed by atoms with van der Waals surface area (Å²) in [5.74, 6) is 0. The van der Waals surface area contributed by atoms with Gasteiger partial charge in [-0.25, -0.2) is 0 Å². The molecule has 12 N–H and O–H groups in total. The van der Waals surface area contributed by atoms with E-state index in [1.165, 1.54) is 11.1 Å². The van der Waals surface area contributed by atoms with E-state index >= 15 is 0 Å². The molecule has 0 aromatic rings. The van der Waals surface area contributed by atoms with Crippen molar-refractivity contribution < 1.29 is 49.6 Å². The average Bonchev–Trinajstić information content (AvgIpc) is 3.03. The number of nitrogens with two attached hydrogens (primary N) is 3. The first kappa shape index (κ1) is 40.8. The lowest BCUT2D eigenvalue weighted by Gasteiger charge is -2.48. The Morgan fingerprint density at radius 2 is 1.33 bits per heavy atom. The van der Waals surface area contributed by atoms with Crippen molar-refractivity contribution in [3.63, 3.8) is 0 Å². The minimum Gasteiger partial charge on any atom is -0.394 e. The Morgan fingerprint density at radius 3 is 1.94 bits per heavy atom. The first-order chi connectivity index (χ1) is 22.7. The third kappa shape index (κ3) is 10.7. The molecule has 0 spiro atoms. The number of hydrogen-bond donors (Lipinski definition) is 9. The van der Waals surface area contributed by atoms with Crippen LogP contribution in [0, 0.1) is 0 Å². The maximum absolute atomic E-state index is 11.4. The molecule has 15 atom stereocenters. The van der Waals surface area contributed by atoms with Crippen molar-refractivity contribution >= 4 is 6.21 Å². The van der Waals surface area contributed by atoms with Crippen molar-refractivity contribution in [1.82, 2.24) is 0 Å². The Hall–Kier alpha value is -1.63. The predicted octanol–water partition coefficient (Wildman–Crippen LogP) is -0.342. The number of aliphatic imine (C=N–C) groups is 1. The molecule has 3 fully saturated rings. The summed E-state index contributed by atoms with van der Waals surface area (Å²) >= 11 is 0. The third-order valence-electron chi connectivity index (χ3n) is 9.38. The summed E-state index contributed by atoms with van der Waals surface area (Å²) < 4.78 is 23.5. The van der Waals surface area contributed by atoms with Gasteiger partial charge < -0.3 is 66.8 Å². The van der Waals surface area contributed by atoms with Gasteiger partial charge in [0.2, 0.25) is 0 Å². The minimum atomic E-state index is -1.46. The number of rotatable bonds is 14. The standard InChI is InChI=1S/C34H60N4O10/c1-6-22-26(40)25(38-14-13-19(5)12-8-11-18(4)10-7-9-17(2)3)29(43)34(45-22)48-32-21(36)15-20(35)31(30(32)44)47-33-24(37)28(42)27(41)23(16-39)46-33/h9,11,13-14,20-34,39-44H,6-8,10,12,15-16,35-37H2,1-5H3/b18-11+,19-13+,38-14?. The summed E-state index contributed by atoms with van der Waals surface area (Å²) in [6, 6.07) is -3.76. The van der Waals surface area contributed by atoms with E-state index in [4.69, 9.17) is 36.1 Å². The van der Waals surface area contributed by atoms with Gasteiger partial charge in [0.1, 0.15) is 54.9 Å².